The molecule has 33 heavy (non-hydrogen) atoms. The molecule has 0 spiro atoms. The van der Waals surface area contributed by atoms with Crippen LogP contribution in [-0.4, -0.2) is 7.11 Å². The lowest BCUT2D eigenvalue weighted by atomic mass is 9.77. The first kappa shape index (κ1) is 22.9. The molecule has 0 amide bonds. The molecule has 3 aromatic carbocycles. The summed E-state index contributed by atoms with van der Waals surface area (Å²) in [6, 6.07) is 15.7. The van der Waals surface area contributed by atoms with Crippen LogP contribution in [-0.2, 0) is 6.61 Å². The maximum atomic E-state index is 6.56. The summed E-state index contributed by atoms with van der Waals surface area (Å²) < 4.78 is 12.7. The van der Waals surface area contributed by atoms with Crippen molar-refractivity contribution in [2.45, 2.75) is 25.0 Å². The molecule has 0 bridgehead atoms. The van der Waals surface area contributed by atoms with E-state index in [2.05, 4.69) is 45.5 Å². The van der Waals surface area contributed by atoms with E-state index in [9.17, 15) is 0 Å². The minimum atomic E-state index is 0.0855. The van der Waals surface area contributed by atoms with Gasteiger partial charge in [-0.15, -0.1) is 0 Å². The zero-order chi connectivity index (χ0) is 23.1. The molecule has 3 aromatic rings. The number of benzene rings is 3. The fourth-order valence-electron chi connectivity index (χ4n) is 4.76. The minimum Gasteiger partial charge on any atom is -0.493 e. The molecule has 0 fully saturated rings. The zero-order valence-electron chi connectivity index (χ0n) is 17.7. The third kappa shape index (κ3) is 4.35. The fraction of sp³-hybridized carbons (Fsp3) is 0.231. The van der Waals surface area contributed by atoms with E-state index >= 15 is 0 Å². The minimum absolute atomic E-state index is 0.0855. The van der Waals surface area contributed by atoms with Crippen LogP contribution in [0, 0.1) is 5.92 Å². The summed E-state index contributed by atoms with van der Waals surface area (Å²) in [6.07, 6.45) is 5.56. The van der Waals surface area contributed by atoms with Gasteiger partial charge in [0.15, 0.2) is 11.5 Å². The number of allylic oxidation sites excluding steroid dienone is 2. The maximum Gasteiger partial charge on any atom is 0.175 e. The average molecular weight is 566 g/mol. The van der Waals surface area contributed by atoms with Gasteiger partial charge in [0.25, 0.3) is 0 Å². The maximum absolute atomic E-state index is 6.56. The Kier molecular flexibility index (Phi) is 6.54. The second-order valence-corrected chi connectivity index (χ2v) is 10.3. The van der Waals surface area contributed by atoms with E-state index in [4.69, 9.17) is 44.3 Å². The number of hydrogen-bond donors (Lipinski definition) is 1. The number of ether oxygens (including phenoxy) is 2. The molecule has 0 aromatic heterocycles. The lowest BCUT2D eigenvalue weighted by Crippen LogP contribution is -2.29. The number of anilines is 1. The summed E-state index contributed by atoms with van der Waals surface area (Å²) in [5.74, 6) is 2.01. The van der Waals surface area contributed by atoms with Crippen LogP contribution in [0.15, 0.2) is 65.2 Å². The van der Waals surface area contributed by atoms with Crippen LogP contribution in [0.3, 0.4) is 0 Å². The predicted molar refractivity (Wildman–Crippen MR) is 139 cm³/mol. The van der Waals surface area contributed by atoms with Crippen LogP contribution < -0.4 is 14.8 Å². The Hall–Kier alpha value is -1.85. The summed E-state index contributed by atoms with van der Waals surface area (Å²) in [5.41, 5.74) is 4.21. The van der Waals surface area contributed by atoms with Crippen molar-refractivity contribution in [2.24, 2.45) is 5.92 Å². The lowest BCUT2D eigenvalue weighted by molar-refractivity contribution is 0.282. The number of nitrogens with one attached hydrogen (secondary N) is 1. The number of methoxy groups -OCH3 is 1. The normalized spacial score (nSPS) is 20.7. The van der Waals surface area contributed by atoms with Gasteiger partial charge in [-0.25, -0.2) is 0 Å². The summed E-state index contributed by atoms with van der Waals surface area (Å²) >= 11 is 22.6. The standard InChI is InChI=1S/C26H21BrCl3NO2/c1-32-23-11-15(10-20(27)26(23)33-13-14-8-9-16(28)12-22(14)30)24-18-5-2-4-17(18)19-6-3-7-21(29)25(19)31-24/h2-4,6-12,17-18,24,31H,5,13H2,1H3/t17-,18+,24+/m1/s1. The van der Waals surface area contributed by atoms with Gasteiger partial charge in [0, 0.05) is 21.5 Å². The van der Waals surface area contributed by atoms with Gasteiger partial charge >= 0.3 is 0 Å². The first-order chi connectivity index (χ1) is 16.0. The van der Waals surface area contributed by atoms with Gasteiger partial charge in [-0.2, -0.15) is 0 Å². The lowest BCUT2D eigenvalue weighted by Gasteiger charge is -2.38. The third-order valence-electron chi connectivity index (χ3n) is 6.34. The monoisotopic (exact) mass is 563 g/mol. The van der Waals surface area contributed by atoms with E-state index in [0.717, 1.165) is 32.7 Å². The number of hydrogen-bond acceptors (Lipinski definition) is 3. The second kappa shape index (κ2) is 9.42. The van der Waals surface area contributed by atoms with Gasteiger partial charge in [0.1, 0.15) is 6.61 Å². The van der Waals surface area contributed by atoms with Crippen molar-refractivity contribution in [3.05, 3.63) is 96.9 Å². The highest BCUT2D eigenvalue weighted by Gasteiger charge is 2.39. The van der Waals surface area contributed by atoms with E-state index in [1.165, 1.54) is 5.56 Å². The highest BCUT2D eigenvalue weighted by Crippen LogP contribution is 2.52. The number of halogens is 4. The molecule has 1 heterocycles. The van der Waals surface area contributed by atoms with Gasteiger partial charge in [-0.1, -0.05) is 65.2 Å². The van der Waals surface area contributed by atoms with Gasteiger partial charge in [0.05, 0.1) is 28.3 Å². The fourth-order valence-corrected chi connectivity index (χ4v) is 6.04. The SMILES string of the molecule is COc1cc([C@@H]2Nc3c(Cl)cccc3[C@@H]3C=CC[C@@H]32)cc(Br)c1OCc1ccc(Cl)cc1Cl. The molecule has 0 saturated carbocycles. The van der Waals surface area contributed by atoms with E-state index in [1.54, 1.807) is 19.2 Å². The molecular formula is C26H21BrCl3NO2. The Balaban J connectivity index is 1.46. The molecule has 5 rings (SSSR count). The van der Waals surface area contributed by atoms with Crippen LogP contribution in [0.4, 0.5) is 5.69 Å². The molecule has 0 saturated heterocycles. The largest absolute Gasteiger partial charge is 0.493 e. The van der Waals surface area contributed by atoms with Gasteiger partial charge in [0.2, 0.25) is 0 Å². The molecule has 0 radical (unpaired) electrons. The summed E-state index contributed by atoms with van der Waals surface area (Å²) in [6.45, 7) is 0.295. The van der Waals surface area contributed by atoms with E-state index in [1.807, 2.05) is 24.3 Å². The number of fused-ring (bicyclic) bond motifs is 3. The zero-order valence-corrected chi connectivity index (χ0v) is 21.6. The van der Waals surface area contributed by atoms with Crippen molar-refractivity contribution in [1.82, 2.24) is 0 Å². The molecule has 1 aliphatic carbocycles. The van der Waals surface area contributed by atoms with Crippen LogP contribution in [0.1, 0.15) is 35.1 Å². The number of para-hydroxylation sites is 1. The Morgan fingerprint density at radius 2 is 1.91 bits per heavy atom. The van der Waals surface area contributed by atoms with E-state index in [0.29, 0.717) is 40.0 Å². The predicted octanol–water partition coefficient (Wildman–Crippen LogP) is 8.82. The van der Waals surface area contributed by atoms with Crippen LogP contribution >= 0.6 is 50.7 Å². The van der Waals surface area contributed by atoms with Crippen LogP contribution in [0.2, 0.25) is 15.1 Å². The molecule has 1 aliphatic heterocycles. The smallest absolute Gasteiger partial charge is 0.175 e. The van der Waals surface area contributed by atoms with Gasteiger partial charge in [-0.05, 0) is 69.7 Å². The molecule has 3 nitrogen and oxygen atoms in total. The molecule has 0 unspecified atom stereocenters. The third-order valence-corrected chi connectivity index (χ3v) is 7.83. The van der Waals surface area contributed by atoms with Crippen LogP contribution in [0.25, 0.3) is 0 Å². The first-order valence-corrected chi connectivity index (χ1v) is 12.5. The van der Waals surface area contributed by atoms with Crippen molar-refractivity contribution in [1.29, 1.82) is 0 Å². The van der Waals surface area contributed by atoms with Crippen molar-refractivity contribution >= 4 is 56.4 Å². The van der Waals surface area contributed by atoms with Gasteiger partial charge in [-0.3, -0.25) is 0 Å². The molecule has 1 N–H and O–H groups in total. The Morgan fingerprint density at radius 3 is 2.70 bits per heavy atom. The summed E-state index contributed by atoms with van der Waals surface area (Å²) in [4.78, 5) is 0. The molecule has 170 valence electrons. The van der Waals surface area contributed by atoms with E-state index < -0.39 is 0 Å². The van der Waals surface area contributed by atoms with Crippen molar-refractivity contribution in [3.63, 3.8) is 0 Å². The van der Waals surface area contributed by atoms with Crippen molar-refractivity contribution in [3.8, 4) is 11.5 Å². The quantitative estimate of drug-likeness (QED) is 0.314. The number of rotatable bonds is 5. The van der Waals surface area contributed by atoms with Crippen molar-refractivity contribution < 1.29 is 9.47 Å². The Morgan fingerprint density at radius 1 is 1.06 bits per heavy atom. The highest BCUT2D eigenvalue weighted by molar-refractivity contribution is 9.10. The summed E-state index contributed by atoms with van der Waals surface area (Å²) in [5, 5.41) is 5.60. The first-order valence-electron chi connectivity index (χ1n) is 10.6. The molecular weight excluding hydrogens is 545 g/mol. The molecule has 7 heteroatoms. The van der Waals surface area contributed by atoms with Gasteiger partial charge < -0.3 is 14.8 Å². The molecule has 2 aliphatic rings. The van der Waals surface area contributed by atoms with Crippen LogP contribution in [0.5, 0.6) is 11.5 Å². The average Bonchev–Trinajstić information content (AvgIpc) is 3.29. The summed E-state index contributed by atoms with van der Waals surface area (Å²) in [7, 11) is 1.65. The van der Waals surface area contributed by atoms with E-state index in [-0.39, 0.29) is 6.04 Å². The second-order valence-electron chi connectivity index (χ2n) is 8.24. The van der Waals surface area contributed by atoms with Crippen molar-refractivity contribution in [2.75, 3.05) is 12.4 Å². The topological polar surface area (TPSA) is 30.5 Å². The Bertz CT molecular complexity index is 1250. The highest BCUT2D eigenvalue weighted by atomic mass is 79.9. The molecule has 3 atom stereocenters. The Labute approximate surface area is 216 Å².